The van der Waals surface area contributed by atoms with Gasteiger partial charge in [-0.05, 0) is 37.5 Å². The van der Waals surface area contributed by atoms with E-state index >= 15 is 0 Å². The van der Waals surface area contributed by atoms with Crippen LogP contribution >= 0.6 is 0 Å². The molecule has 17 heavy (non-hydrogen) atoms. The standard InChI is InChI=1S/C15H20O2/c1-4-13(11-16)10-15(17-12(2)3)14-8-6-5-7-9-14/h5-12,15H,4H2,1-3H3/b13-10+. The first-order valence-corrected chi connectivity index (χ1v) is 6.03. The molecule has 0 aromatic heterocycles. The van der Waals surface area contributed by atoms with Crippen molar-refractivity contribution in [3.8, 4) is 0 Å². The summed E-state index contributed by atoms with van der Waals surface area (Å²) in [7, 11) is 0. The van der Waals surface area contributed by atoms with Crippen molar-refractivity contribution in [1.29, 1.82) is 0 Å². The lowest BCUT2D eigenvalue weighted by Crippen LogP contribution is -2.09. The fourth-order valence-electron chi connectivity index (χ4n) is 1.58. The number of carbonyl (C=O) groups is 1. The number of ether oxygens (including phenoxy) is 1. The molecule has 0 aliphatic heterocycles. The predicted molar refractivity (Wildman–Crippen MR) is 69.8 cm³/mol. The summed E-state index contributed by atoms with van der Waals surface area (Å²) in [6.45, 7) is 5.96. The number of hydrogen-bond donors (Lipinski definition) is 0. The van der Waals surface area contributed by atoms with Crippen LogP contribution in [0.25, 0.3) is 0 Å². The quantitative estimate of drug-likeness (QED) is 0.552. The maximum absolute atomic E-state index is 10.9. The van der Waals surface area contributed by atoms with E-state index in [0.29, 0.717) is 0 Å². The van der Waals surface area contributed by atoms with Crippen LogP contribution < -0.4 is 0 Å². The summed E-state index contributed by atoms with van der Waals surface area (Å²) in [5.41, 5.74) is 1.86. The number of carbonyl (C=O) groups excluding carboxylic acids is 1. The zero-order valence-electron chi connectivity index (χ0n) is 10.7. The number of hydrogen-bond acceptors (Lipinski definition) is 2. The second-order valence-corrected chi connectivity index (χ2v) is 4.23. The van der Waals surface area contributed by atoms with Crippen molar-refractivity contribution in [2.24, 2.45) is 0 Å². The minimum atomic E-state index is -0.142. The minimum Gasteiger partial charge on any atom is -0.367 e. The lowest BCUT2D eigenvalue weighted by atomic mass is 10.1. The molecular weight excluding hydrogens is 212 g/mol. The molecule has 1 unspecified atom stereocenters. The maximum Gasteiger partial charge on any atom is 0.145 e. The van der Waals surface area contributed by atoms with Gasteiger partial charge in [0.25, 0.3) is 0 Å². The van der Waals surface area contributed by atoms with Crippen LogP contribution in [0.15, 0.2) is 42.0 Å². The minimum absolute atomic E-state index is 0.126. The first kappa shape index (κ1) is 13.7. The molecule has 0 saturated carbocycles. The maximum atomic E-state index is 10.9. The van der Waals surface area contributed by atoms with Gasteiger partial charge >= 0.3 is 0 Å². The molecule has 0 saturated heterocycles. The van der Waals surface area contributed by atoms with E-state index in [4.69, 9.17) is 4.74 Å². The fraction of sp³-hybridized carbons (Fsp3) is 0.400. The lowest BCUT2D eigenvalue weighted by Gasteiger charge is -2.18. The highest BCUT2D eigenvalue weighted by atomic mass is 16.5. The Morgan fingerprint density at radius 3 is 2.41 bits per heavy atom. The first-order valence-electron chi connectivity index (χ1n) is 6.03. The Balaban J connectivity index is 2.96. The van der Waals surface area contributed by atoms with E-state index in [1.54, 1.807) is 0 Å². The van der Waals surface area contributed by atoms with Gasteiger partial charge in [0, 0.05) is 0 Å². The third kappa shape index (κ3) is 4.53. The highest BCUT2D eigenvalue weighted by Gasteiger charge is 2.11. The van der Waals surface area contributed by atoms with Crippen LogP contribution in [-0.4, -0.2) is 12.4 Å². The van der Waals surface area contributed by atoms with Crippen molar-refractivity contribution in [3.05, 3.63) is 47.5 Å². The zero-order chi connectivity index (χ0) is 12.7. The molecule has 1 aromatic carbocycles. The van der Waals surface area contributed by atoms with Gasteiger partial charge in [0.2, 0.25) is 0 Å². The molecule has 0 aliphatic rings. The molecule has 0 amide bonds. The van der Waals surface area contributed by atoms with Crippen LogP contribution in [0.5, 0.6) is 0 Å². The van der Waals surface area contributed by atoms with Gasteiger partial charge in [-0.2, -0.15) is 0 Å². The van der Waals surface area contributed by atoms with E-state index in [1.165, 1.54) is 0 Å². The summed E-state index contributed by atoms with van der Waals surface area (Å²) in [6.07, 6.45) is 3.52. The van der Waals surface area contributed by atoms with Crippen LogP contribution in [-0.2, 0) is 9.53 Å². The van der Waals surface area contributed by atoms with E-state index in [-0.39, 0.29) is 12.2 Å². The summed E-state index contributed by atoms with van der Waals surface area (Å²) in [5, 5.41) is 0. The monoisotopic (exact) mass is 232 g/mol. The third-order valence-electron chi connectivity index (χ3n) is 2.47. The van der Waals surface area contributed by atoms with Crippen LogP contribution in [0.2, 0.25) is 0 Å². The Hall–Kier alpha value is -1.41. The van der Waals surface area contributed by atoms with E-state index in [1.807, 2.05) is 57.2 Å². The zero-order valence-corrected chi connectivity index (χ0v) is 10.7. The molecule has 1 atom stereocenters. The van der Waals surface area contributed by atoms with Gasteiger partial charge in [0.15, 0.2) is 0 Å². The Kier molecular flexibility index (Phi) is 5.64. The van der Waals surface area contributed by atoms with Gasteiger partial charge in [-0.3, -0.25) is 4.79 Å². The third-order valence-corrected chi connectivity index (χ3v) is 2.47. The molecular formula is C15H20O2. The van der Waals surface area contributed by atoms with Crippen molar-refractivity contribution < 1.29 is 9.53 Å². The number of benzene rings is 1. The lowest BCUT2D eigenvalue weighted by molar-refractivity contribution is -0.105. The van der Waals surface area contributed by atoms with Crippen molar-refractivity contribution in [2.45, 2.75) is 39.4 Å². The van der Waals surface area contributed by atoms with Gasteiger partial charge in [-0.25, -0.2) is 0 Å². The summed E-state index contributed by atoms with van der Waals surface area (Å²) in [4.78, 5) is 10.9. The number of aldehydes is 1. The molecule has 92 valence electrons. The Morgan fingerprint density at radius 2 is 1.94 bits per heavy atom. The second kappa shape index (κ2) is 7.02. The van der Waals surface area contributed by atoms with Crippen molar-refractivity contribution in [1.82, 2.24) is 0 Å². The average Bonchev–Trinajstić information content (AvgIpc) is 2.35. The summed E-state index contributed by atoms with van der Waals surface area (Å²) in [6, 6.07) is 9.96. The number of rotatable bonds is 6. The van der Waals surface area contributed by atoms with Crippen LogP contribution in [0, 0.1) is 0 Å². The first-order chi connectivity index (χ1) is 8.17. The number of allylic oxidation sites excluding steroid dienone is 1. The Bertz CT molecular complexity index is 366. The van der Waals surface area contributed by atoms with Crippen LogP contribution in [0.1, 0.15) is 38.9 Å². The molecule has 1 aromatic rings. The van der Waals surface area contributed by atoms with E-state index in [0.717, 1.165) is 23.8 Å². The molecule has 1 rings (SSSR count). The van der Waals surface area contributed by atoms with E-state index in [2.05, 4.69) is 0 Å². The van der Waals surface area contributed by atoms with Gasteiger partial charge < -0.3 is 4.74 Å². The SMILES string of the molecule is CC/C(C=O)=C\C(OC(C)C)c1ccccc1. The van der Waals surface area contributed by atoms with Crippen LogP contribution in [0.3, 0.4) is 0 Å². The highest BCUT2D eigenvalue weighted by molar-refractivity contribution is 5.73. The molecule has 0 N–H and O–H groups in total. The predicted octanol–water partition coefficient (Wildman–Crippen LogP) is 3.69. The molecule has 0 fully saturated rings. The summed E-state index contributed by atoms with van der Waals surface area (Å²) < 4.78 is 5.84. The molecule has 2 nitrogen and oxygen atoms in total. The normalized spacial score (nSPS) is 13.8. The topological polar surface area (TPSA) is 26.3 Å². The van der Waals surface area contributed by atoms with E-state index < -0.39 is 0 Å². The largest absolute Gasteiger partial charge is 0.367 e. The molecule has 0 spiro atoms. The molecule has 0 radical (unpaired) electrons. The summed E-state index contributed by atoms with van der Waals surface area (Å²) >= 11 is 0. The van der Waals surface area contributed by atoms with Crippen molar-refractivity contribution in [2.75, 3.05) is 0 Å². The van der Waals surface area contributed by atoms with Gasteiger partial charge in [0.05, 0.1) is 6.10 Å². The van der Waals surface area contributed by atoms with Crippen molar-refractivity contribution >= 4 is 6.29 Å². The van der Waals surface area contributed by atoms with Gasteiger partial charge in [0.1, 0.15) is 12.4 Å². The fourth-order valence-corrected chi connectivity index (χ4v) is 1.58. The smallest absolute Gasteiger partial charge is 0.145 e. The molecule has 0 bridgehead atoms. The second-order valence-electron chi connectivity index (χ2n) is 4.23. The van der Waals surface area contributed by atoms with Crippen LogP contribution in [0.4, 0.5) is 0 Å². The Morgan fingerprint density at radius 1 is 1.29 bits per heavy atom. The van der Waals surface area contributed by atoms with Gasteiger partial charge in [-0.15, -0.1) is 0 Å². The van der Waals surface area contributed by atoms with Crippen molar-refractivity contribution in [3.63, 3.8) is 0 Å². The van der Waals surface area contributed by atoms with Gasteiger partial charge in [-0.1, -0.05) is 37.3 Å². The van der Waals surface area contributed by atoms with E-state index in [9.17, 15) is 4.79 Å². The molecule has 2 heteroatoms. The molecule has 0 heterocycles. The summed E-state index contributed by atoms with van der Waals surface area (Å²) in [5.74, 6) is 0. The average molecular weight is 232 g/mol. The molecule has 0 aliphatic carbocycles. The Labute approximate surface area is 103 Å². The highest BCUT2D eigenvalue weighted by Crippen LogP contribution is 2.22.